The SMILES string of the molecule is COc1cccc(NC(=O)Cc2ccc(-n3c(-c4cccnc4N)nc4cccnc43)cc2)c1. The summed E-state index contributed by atoms with van der Waals surface area (Å²) in [4.78, 5) is 26.0. The first-order chi connectivity index (χ1) is 16.6. The number of nitrogens with zero attached hydrogens (tertiary/aromatic N) is 4. The topological polar surface area (TPSA) is 108 Å². The number of benzene rings is 2. The van der Waals surface area contributed by atoms with Gasteiger partial charge >= 0.3 is 0 Å². The third kappa shape index (κ3) is 4.16. The Morgan fingerprint density at radius 3 is 2.59 bits per heavy atom. The molecule has 0 fully saturated rings. The molecule has 8 heteroatoms. The van der Waals surface area contributed by atoms with Gasteiger partial charge in [0.15, 0.2) is 11.5 Å². The summed E-state index contributed by atoms with van der Waals surface area (Å²) in [6.07, 6.45) is 3.62. The predicted octanol–water partition coefficient (Wildman–Crippen LogP) is 4.25. The maximum absolute atomic E-state index is 12.5. The van der Waals surface area contributed by atoms with Crippen LogP contribution in [0.4, 0.5) is 11.5 Å². The number of anilines is 2. The molecule has 1 amide bonds. The fourth-order valence-corrected chi connectivity index (χ4v) is 3.80. The highest BCUT2D eigenvalue weighted by Gasteiger charge is 2.17. The lowest BCUT2D eigenvalue weighted by atomic mass is 10.1. The normalized spacial score (nSPS) is 10.9. The average Bonchev–Trinajstić information content (AvgIpc) is 3.24. The lowest BCUT2D eigenvalue weighted by molar-refractivity contribution is -0.115. The molecule has 34 heavy (non-hydrogen) atoms. The minimum Gasteiger partial charge on any atom is -0.497 e. The van der Waals surface area contributed by atoms with Gasteiger partial charge in [-0.2, -0.15) is 0 Å². The van der Waals surface area contributed by atoms with Gasteiger partial charge in [0.1, 0.15) is 17.1 Å². The summed E-state index contributed by atoms with van der Waals surface area (Å²) in [5.74, 6) is 1.63. The van der Waals surface area contributed by atoms with E-state index in [1.54, 1.807) is 25.6 Å². The van der Waals surface area contributed by atoms with Crippen LogP contribution in [0.1, 0.15) is 5.56 Å². The Labute approximate surface area is 196 Å². The summed E-state index contributed by atoms with van der Waals surface area (Å²) < 4.78 is 7.15. The molecule has 0 saturated carbocycles. The van der Waals surface area contributed by atoms with Crippen molar-refractivity contribution in [2.45, 2.75) is 6.42 Å². The number of nitrogen functional groups attached to an aromatic ring is 1. The van der Waals surface area contributed by atoms with Gasteiger partial charge in [0, 0.05) is 29.8 Å². The van der Waals surface area contributed by atoms with Crippen molar-refractivity contribution in [2.24, 2.45) is 0 Å². The molecule has 8 nitrogen and oxygen atoms in total. The van der Waals surface area contributed by atoms with Crippen molar-refractivity contribution in [3.63, 3.8) is 0 Å². The molecule has 3 aromatic heterocycles. The molecule has 5 rings (SSSR count). The summed E-state index contributed by atoms with van der Waals surface area (Å²) in [6, 6.07) is 22.5. The number of carbonyl (C=O) groups excluding carboxylic acids is 1. The molecule has 0 aliphatic carbocycles. The zero-order valence-electron chi connectivity index (χ0n) is 18.5. The van der Waals surface area contributed by atoms with Gasteiger partial charge in [-0.25, -0.2) is 15.0 Å². The van der Waals surface area contributed by atoms with Crippen LogP contribution in [-0.2, 0) is 11.2 Å². The van der Waals surface area contributed by atoms with E-state index in [0.717, 1.165) is 22.3 Å². The molecule has 0 unspecified atom stereocenters. The third-order valence-electron chi connectivity index (χ3n) is 5.41. The number of aromatic nitrogens is 4. The molecular formula is C26H22N6O2. The summed E-state index contributed by atoms with van der Waals surface area (Å²) in [6.45, 7) is 0. The van der Waals surface area contributed by atoms with E-state index >= 15 is 0 Å². The maximum Gasteiger partial charge on any atom is 0.228 e. The van der Waals surface area contributed by atoms with E-state index in [-0.39, 0.29) is 12.3 Å². The Morgan fingerprint density at radius 2 is 1.79 bits per heavy atom. The van der Waals surface area contributed by atoms with Crippen molar-refractivity contribution in [3.8, 4) is 22.8 Å². The Morgan fingerprint density at radius 1 is 1.00 bits per heavy atom. The average molecular weight is 451 g/mol. The molecule has 0 radical (unpaired) electrons. The number of hydrogen-bond donors (Lipinski definition) is 2. The number of methoxy groups -OCH3 is 1. The van der Waals surface area contributed by atoms with Crippen molar-refractivity contribution in [1.82, 2.24) is 19.5 Å². The lowest BCUT2D eigenvalue weighted by Gasteiger charge is -2.11. The van der Waals surface area contributed by atoms with Crippen LogP contribution in [0.2, 0.25) is 0 Å². The van der Waals surface area contributed by atoms with Gasteiger partial charge in [-0.3, -0.25) is 9.36 Å². The van der Waals surface area contributed by atoms with E-state index < -0.39 is 0 Å². The number of nitrogens with one attached hydrogen (secondary N) is 1. The van der Waals surface area contributed by atoms with Gasteiger partial charge in [-0.05, 0) is 54.1 Å². The second-order valence-electron chi connectivity index (χ2n) is 7.68. The molecule has 0 atom stereocenters. The second-order valence-corrected chi connectivity index (χ2v) is 7.68. The van der Waals surface area contributed by atoms with Crippen LogP contribution in [0.25, 0.3) is 28.2 Å². The first-order valence-corrected chi connectivity index (χ1v) is 10.7. The number of ether oxygens (including phenoxy) is 1. The van der Waals surface area contributed by atoms with Crippen LogP contribution in [0.15, 0.2) is 85.2 Å². The summed E-state index contributed by atoms with van der Waals surface area (Å²) >= 11 is 0. The number of fused-ring (bicyclic) bond motifs is 1. The van der Waals surface area contributed by atoms with Crippen molar-refractivity contribution < 1.29 is 9.53 Å². The first-order valence-electron chi connectivity index (χ1n) is 10.7. The summed E-state index contributed by atoms with van der Waals surface area (Å²) in [5.41, 5.74) is 10.8. The largest absolute Gasteiger partial charge is 0.497 e. The molecular weight excluding hydrogens is 428 g/mol. The molecule has 0 aliphatic heterocycles. The van der Waals surface area contributed by atoms with E-state index in [2.05, 4.69) is 15.3 Å². The summed E-state index contributed by atoms with van der Waals surface area (Å²) in [7, 11) is 1.59. The molecule has 0 saturated heterocycles. The highest BCUT2D eigenvalue weighted by molar-refractivity contribution is 5.92. The van der Waals surface area contributed by atoms with E-state index in [4.69, 9.17) is 15.5 Å². The fraction of sp³-hybridized carbons (Fsp3) is 0.0769. The quantitative estimate of drug-likeness (QED) is 0.400. The number of carbonyl (C=O) groups is 1. The van der Waals surface area contributed by atoms with E-state index in [9.17, 15) is 4.79 Å². The molecule has 3 N–H and O–H groups in total. The molecule has 3 heterocycles. The third-order valence-corrected chi connectivity index (χ3v) is 5.41. The number of amides is 1. The monoisotopic (exact) mass is 450 g/mol. The molecule has 5 aromatic rings. The second kappa shape index (κ2) is 9.03. The minimum atomic E-state index is -0.112. The zero-order valence-corrected chi connectivity index (χ0v) is 18.5. The van der Waals surface area contributed by atoms with Crippen molar-refractivity contribution >= 4 is 28.6 Å². The van der Waals surface area contributed by atoms with Gasteiger partial charge < -0.3 is 15.8 Å². The lowest BCUT2D eigenvalue weighted by Crippen LogP contribution is -2.14. The van der Waals surface area contributed by atoms with Gasteiger partial charge in [0.2, 0.25) is 5.91 Å². The van der Waals surface area contributed by atoms with Crippen LogP contribution < -0.4 is 15.8 Å². The van der Waals surface area contributed by atoms with E-state index in [0.29, 0.717) is 28.7 Å². The zero-order chi connectivity index (χ0) is 23.5. The van der Waals surface area contributed by atoms with E-state index in [1.807, 2.05) is 71.3 Å². The van der Waals surface area contributed by atoms with Gasteiger partial charge in [-0.15, -0.1) is 0 Å². The Hall–Kier alpha value is -4.72. The number of nitrogens with two attached hydrogens (primary N) is 1. The standard InChI is InChI=1S/C26H22N6O2/c1-34-20-6-2-5-18(16-20)30-23(33)15-17-9-11-19(12-10-17)32-25(21-7-3-13-28-24(21)27)31-22-8-4-14-29-26(22)32/h2-14,16H,15H2,1H3,(H2,27,28)(H,30,33). The molecule has 0 bridgehead atoms. The van der Waals surface area contributed by atoms with Crippen LogP contribution in [-0.4, -0.2) is 32.5 Å². The minimum absolute atomic E-state index is 0.112. The van der Waals surface area contributed by atoms with Crippen molar-refractivity contribution in [2.75, 3.05) is 18.2 Å². The number of imidazole rings is 1. The Kier molecular flexibility index (Phi) is 5.61. The molecule has 2 aromatic carbocycles. The maximum atomic E-state index is 12.5. The van der Waals surface area contributed by atoms with Crippen LogP contribution in [0.5, 0.6) is 5.75 Å². The fourth-order valence-electron chi connectivity index (χ4n) is 3.80. The summed E-state index contributed by atoms with van der Waals surface area (Å²) in [5, 5.41) is 2.90. The van der Waals surface area contributed by atoms with Crippen LogP contribution in [0.3, 0.4) is 0 Å². The highest BCUT2D eigenvalue weighted by Crippen LogP contribution is 2.30. The Bertz CT molecular complexity index is 1480. The van der Waals surface area contributed by atoms with Gasteiger partial charge in [0.05, 0.1) is 19.1 Å². The highest BCUT2D eigenvalue weighted by atomic mass is 16.5. The first kappa shape index (κ1) is 21.1. The van der Waals surface area contributed by atoms with Gasteiger partial charge in [0.25, 0.3) is 0 Å². The van der Waals surface area contributed by atoms with Crippen LogP contribution in [0, 0.1) is 0 Å². The smallest absolute Gasteiger partial charge is 0.228 e. The predicted molar refractivity (Wildman–Crippen MR) is 132 cm³/mol. The molecule has 168 valence electrons. The molecule has 0 aliphatic rings. The van der Waals surface area contributed by atoms with Gasteiger partial charge in [-0.1, -0.05) is 18.2 Å². The Balaban J connectivity index is 1.43. The number of hydrogen-bond acceptors (Lipinski definition) is 6. The molecule has 0 spiro atoms. The van der Waals surface area contributed by atoms with E-state index in [1.165, 1.54) is 0 Å². The number of rotatable bonds is 6. The number of pyridine rings is 2. The van der Waals surface area contributed by atoms with Crippen molar-refractivity contribution in [1.29, 1.82) is 0 Å². The van der Waals surface area contributed by atoms with Crippen LogP contribution >= 0.6 is 0 Å². The van der Waals surface area contributed by atoms with Crippen molar-refractivity contribution in [3.05, 3.63) is 90.8 Å².